The summed E-state index contributed by atoms with van der Waals surface area (Å²) in [6.07, 6.45) is 0.461. The van der Waals surface area contributed by atoms with E-state index in [0.717, 1.165) is 0 Å². The minimum Gasteiger partial charge on any atom is -0.481 e. The summed E-state index contributed by atoms with van der Waals surface area (Å²) < 4.78 is 5.23. The molecule has 2 atom stereocenters. The number of likely N-dealkylation sites (tertiary alicyclic amines) is 1. The molecule has 2 rings (SSSR count). The third-order valence-electron chi connectivity index (χ3n) is 3.94. The minimum atomic E-state index is -0.872. The molecule has 2 aliphatic rings. The molecule has 0 bridgehead atoms. The van der Waals surface area contributed by atoms with Gasteiger partial charge in [-0.1, -0.05) is 0 Å². The van der Waals surface area contributed by atoms with Crippen molar-refractivity contribution in [1.82, 2.24) is 9.80 Å². The molecule has 108 valence electrons. The molecule has 7 heteroatoms. The Morgan fingerprint density at radius 1 is 1.42 bits per heavy atom. The van der Waals surface area contributed by atoms with Crippen LogP contribution in [0.4, 0.5) is 4.79 Å². The lowest BCUT2D eigenvalue weighted by Crippen LogP contribution is -2.54. The molecule has 2 saturated heterocycles. The van der Waals surface area contributed by atoms with Crippen molar-refractivity contribution in [3.05, 3.63) is 0 Å². The smallest absolute Gasteiger partial charge is 0.320 e. The van der Waals surface area contributed by atoms with Crippen molar-refractivity contribution in [3.63, 3.8) is 0 Å². The molecule has 0 aliphatic carbocycles. The van der Waals surface area contributed by atoms with Gasteiger partial charge in [0.25, 0.3) is 0 Å². The molecule has 0 aromatic carbocycles. The van der Waals surface area contributed by atoms with Gasteiger partial charge in [0, 0.05) is 19.6 Å². The summed E-state index contributed by atoms with van der Waals surface area (Å²) in [6.45, 7) is 3.39. The number of rotatable bonds is 2. The van der Waals surface area contributed by atoms with Crippen LogP contribution in [0.2, 0.25) is 0 Å². The normalized spacial score (nSPS) is 31.6. The van der Waals surface area contributed by atoms with Crippen molar-refractivity contribution in [2.45, 2.75) is 19.4 Å². The molecule has 0 aromatic rings. The molecule has 0 radical (unpaired) electrons. The van der Waals surface area contributed by atoms with E-state index in [1.807, 2.05) is 0 Å². The van der Waals surface area contributed by atoms with Gasteiger partial charge in [-0.3, -0.25) is 4.79 Å². The molecule has 2 N–H and O–H groups in total. The predicted octanol–water partition coefficient (Wildman–Crippen LogP) is -0.404. The number of aliphatic hydroxyl groups is 1. The SMILES string of the molecule is CC1(C(=O)O)CCN(C(=O)N2CCOCC2CO)C1. The van der Waals surface area contributed by atoms with Gasteiger partial charge in [0.1, 0.15) is 0 Å². The molecule has 2 fully saturated rings. The molecular weight excluding hydrogens is 252 g/mol. The summed E-state index contributed by atoms with van der Waals surface area (Å²) in [6, 6.07) is -0.537. The third kappa shape index (κ3) is 2.66. The largest absolute Gasteiger partial charge is 0.481 e. The Hall–Kier alpha value is -1.34. The number of aliphatic hydroxyl groups excluding tert-OH is 1. The lowest BCUT2D eigenvalue weighted by atomic mass is 9.90. The van der Waals surface area contributed by atoms with Crippen molar-refractivity contribution >= 4 is 12.0 Å². The van der Waals surface area contributed by atoms with Crippen LogP contribution in [0.5, 0.6) is 0 Å². The summed E-state index contributed by atoms with van der Waals surface area (Å²) in [5.74, 6) is -0.872. The van der Waals surface area contributed by atoms with Crippen LogP contribution in [0.15, 0.2) is 0 Å². The maximum absolute atomic E-state index is 12.4. The second-order valence-electron chi connectivity index (χ2n) is 5.42. The summed E-state index contributed by atoms with van der Waals surface area (Å²) >= 11 is 0. The van der Waals surface area contributed by atoms with Gasteiger partial charge in [0.15, 0.2) is 0 Å². The fraction of sp³-hybridized carbons (Fsp3) is 0.833. The number of aliphatic carboxylic acids is 1. The van der Waals surface area contributed by atoms with E-state index in [1.165, 1.54) is 0 Å². The maximum atomic E-state index is 12.4. The van der Waals surface area contributed by atoms with Crippen molar-refractivity contribution in [2.24, 2.45) is 5.41 Å². The van der Waals surface area contributed by atoms with Crippen LogP contribution >= 0.6 is 0 Å². The Kier molecular flexibility index (Phi) is 3.96. The van der Waals surface area contributed by atoms with Crippen LogP contribution < -0.4 is 0 Å². The predicted molar refractivity (Wildman–Crippen MR) is 65.7 cm³/mol. The topological polar surface area (TPSA) is 90.3 Å². The number of carbonyl (C=O) groups is 2. The number of urea groups is 1. The second-order valence-corrected chi connectivity index (χ2v) is 5.42. The fourth-order valence-corrected chi connectivity index (χ4v) is 2.54. The number of amides is 2. The van der Waals surface area contributed by atoms with E-state index in [0.29, 0.717) is 32.7 Å². The Morgan fingerprint density at radius 2 is 2.16 bits per heavy atom. The highest BCUT2D eigenvalue weighted by Crippen LogP contribution is 2.31. The Morgan fingerprint density at radius 3 is 2.74 bits per heavy atom. The lowest BCUT2D eigenvalue weighted by Gasteiger charge is -2.37. The molecule has 0 spiro atoms. The first-order chi connectivity index (χ1) is 8.98. The van der Waals surface area contributed by atoms with Crippen LogP contribution in [-0.2, 0) is 9.53 Å². The van der Waals surface area contributed by atoms with Gasteiger partial charge >= 0.3 is 12.0 Å². The highest BCUT2D eigenvalue weighted by molar-refractivity contribution is 5.79. The zero-order chi connectivity index (χ0) is 14.0. The molecule has 19 heavy (non-hydrogen) atoms. The summed E-state index contributed by atoms with van der Waals surface area (Å²) in [7, 11) is 0. The Bertz CT molecular complexity index is 375. The lowest BCUT2D eigenvalue weighted by molar-refractivity contribution is -0.147. The molecule has 2 amide bonds. The maximum Gasteiger partial charge on any atom is 0.320 e. The zero-order valence-electron chi connectivity index (χ0n) is 11.0. The van der Waals surface area contributed by atoms with E-state index >= 15 is 0 Å². The van der Waals surface area contributed by atoms with Gasteiger partial charge in [0.2, 0.25) is 0 Å². The Balaban J connectivity index is 2.02. The minimum absolute atomic E-state index is 0.143. The summed E-state index contributed by atoms with van der Waals surface area (Å²) in [5, 5.41) is 18.4. The quantitative estimate of drug-likeness (QED) is 0.713. The third-order valence-corrected chi connectivity index (χ3v) is 3.94. The Labute approximate surface area is 111 Å². The van der Waals surface area contributed by atoms with Crippen molar-refractivity contribution in [3.8, 4) is 0 Å². The number of ether oxygens (including phenoxy) is 1. The fourth-order valence-electron chi connectivity index (χ4n) is 2.54. The van der Waals surface area contributed by atoms with Crippen LogP contribution in [-0.4, -0.2) is 77.5 Å². The van der Waals surface area contributed by atoms with Crippen LogP contribution in [0.3, 0.4) is 0 Å². The first-order valence-electron chi connectivity index (χ1n) is 6.45. The highest BCUT2D eigenvalue weighted by atomic mass is 16.5. The molecule has 0 aromatic heterocycles. The summed E-state index contributed by atoms with van der Waals surface area (Å²) in [5.41, 5.74) is -0.864. The second kappa shape index (κ2) is 5.34. The van der Waals surface area contributed by atoms with Crippen molar-refractivity contribution < 1.29 is 24.5 Å². The van der Waals surface area contributed by atoms with Crippen LogP contribution in [0, 0.1) is 5.41 Å². The van der Waals surface area contributed by atoms with Gasteiger partial charge in [0.05, 0.1) is 31.3 Å². The van der Waals surface area contributed by atoms with Crippen molar-refractivity contribution in [1.29, 1.82) is 0 Å². The van der Waals surface area contributed by atoms with E-state index in [9.17, 15) is 14.7 Å². The monoisotopic (exact) mass is 272 g/mol. The summed E-state index contributed by atoms with van der Waals surface area (Å²) in [4.78, 5) is 26.7. The van der Waals surface area contributed by atoms with Gasteiger partial charge in [-0.2, -0.15) is 0 Å². The number of morpholine rings is 1. The molecule has 7 nitrogen and oxygen atoms in total. The average molecular weight is 272 g/mol. The van der Waals surface area contributed by atoms with Gasteiger partial charge < -0.3 is 24.7 Å². The van der Waals surface area contributed by atoms with Crippen molar-refractivity contribution in [2.75, 3.05) is 39.5 Å². The van der Waals surface area contributed by atoms with E-state index in [-0.39, 0.29) is 25.2 Å². The number of carbonyl (C=O) groups excluding carboxylic acids is 1. The molecule has 2 heterocycles. The van der Waals surface area contributed by atoms with Gasteiger partial charge in [-0.05, 0) is 13.3 Å². The van der Waals surface area contributed by atoms with Gasteiger partial charge in [-0.25, -0.2) is 4.79 Å². The van der Waals surface area contributed by atoms with E-state index in [4.69, 9.17) is 9.84 Å². The number of carboxylic acid groups (broad SMARTS) is 1. The first-order valence-corrected chi connectivity index (χ1v) is 6.45. The number of hydrogen-bond donors (Lipinski definition) is 2. The van der Waals surface area contributed by atoms with Crippen LogP contribution in [0.1, 0.15) is 13.3 Å². The zero-order valence-corrected chi connectivity index (χ0v) is 11.0. The average Bonchev–Trinajstić information content (AvgIpc) is 2.82. The molecule has 2 unspecified atom stereocenters. The van der Waals surface area contributed by atoms with E-state index in [1.54, 1.807) is 16.7 Å². The van der Waals surface area contributed by atoms with E-state index in [2.05, 4.69) is 0 Å². The molecule has 2 aliphatic heterocycles. The highest BCUT2D eigenvalue weighted by Gasteiger charge is 2.44. The van der Waals surface area contributed by atoms with Crippen LogP contribution in [0.25, 0.3) is 0 Å². The number of nitrogens with zero attached hydrogens (tertiary/aromatic N) is 2. The standard InChI is InChI=1S/C12H20N2O5/c1-12(10(16)17)2-3-13(8-12)11(18)14-4-5-19-7-9(14)6-15/h9,15H,2-8H2,1H3,(H,16,17). The molecular formula is C12H20N2O5. The number of hydrogen-bond acceptors (Lipinski definition) is 4. The first kappa shape index (κ1) is 14.1. The molecule has 0 saturated carbocycles. The number of carboxylic acids is 1. The van der Waals surface area contributed by atoms with Gasteiger partial charge in [-0.15, -0.1) is 0 Å². The van der Waals surface area contributed by atoms with E-state index < -0.39 is 11.4 Å².